The Kier molecular flexibility index (Phi) is 2.81. The minimum absolute atomic E-state index is 0.408. The number of ether oxygens (including phenoxy) is 1. The molecule has 3 heterocycles. The van der Waals surface area contributed by atoms with E-state index in [-0.39, 0.29) is 0 Å². The highest BCUT2D eigenvalue weighted by Gasteiger charge is 2.53. The summed E-state index contributed by atoms with van der Waals surface area (Å²) < 4.78 is 19.1. The minimum atomic E-state index is -0.554. The third kappa shape index (κ3) is 1.89. The zero-order chi connectivity index (χ0) is 14.5. The molecule has 1 aliphatic rings. The molecule has 2 aromatic rings. The first-order chi connectivity index (χ1) is 9.34. The quantitative estimate of drug-likeness (QED) is 0.766. The Bertz CT molecular complexity index is 637. The first kappa shape index (κ1) is 13.4. The normalized spacial score (nSPS) is 20.6. The Labute approximate surface area is 118 Å². The van der Waals surface area contributed by atoms with Crippen LogP contribution in [0.2, 0.25) is 0 Å². The molecule has 7 heteroatoms. The molecular weight excluding hydrogens is 257 g/mol. The van der Waals surface area contributed by atoms with Gasteiger partial charge in [-0.2, -0.15) is 5.10 Å². The van der Waals surface area contributed by atoms with Crippen LogP contribution in [-0.2, 0) is 9.31 Å². The number of fused-ring (bicyclic) bond motifs is 1. The molecule has 0 bridgehead atoms. The Hall–Kier alpha value is -1.60. The number of nitrogens with zero attached hydrogens (tertiary/aromatic N) is 3. The van der Waals surface area contributed by atoms with E-state index in [2.05, 4.69) is 10.1 Å². The second kappa shape index (κ2) is 4.20. The van der Waals surface area contributed by atoms with E-state index in [0.29, 0.717) is 11.3 Å². The molecule has 0 radical (unpaired) electrons. The highest BCUT2D eigenvalue weighted by Crippen LogP contribution is 2.36. The molecule has 0 saturated carbocycles. The molecule has 1 saturated heterocycles. The summed E-state index contributed by atoms with van der Waals surface area (Å²) in [6, 6.07) is 1.83. The van der Waals surface area contributed by atoms with Gasteiger partial charge in [-0.3, -0.25) is 0 Å². The van der Waals surface area contributed by atoms with Gasteiger partial charge in [0.1, 0.15) is 11.3 Å². The van der Waals surface area contributed by atoms with Gasteiger partial charge >= 0.3 is 7.12 Å². The topological polar surface area (TPSA) is 57.9 Å². The lowest BCUT2D eigenvalue weighted by atomic mass is 9.84. The molecule has 0 N–H and O–H groups in total. The van der Waals surface area contributed by atoms with Gasteiger partial charge in [0.15, 0.2) is 5.65 Å². The molecule has 3 rings (SSSR count). The van der Waals surface area contributed by atoms with E-state index < -0.39 is 18.3 Å². The zero-order valence-electron chi connectivity index (χ0n) is 12.4. The van der Waals surface area contributed by atoms with E-state index in [9.17, 15) is 0 Å². The van der Waals surface area contributed by atoms with E-state index in [4.69, 9.17) is 14.0 Å². The van der Waals surface area contributed by atoms with Gasteiger partial charge in [0.05, 0.1) is 18.3 Å². The molecule has 20 heavy (non-hydrogen) atoms. The van der Waals surface area contributed by atoms with Crippen LogP contribution in [0.25, 0.3) is 5.65 Å². The molecule has 0 unspecified atom stereocenters. The maximum absolute atomic E-state index is 6.02. The first-order valence-electron chi connectivity index (χ1n) is 6.58. The van der Waals surface area contributed by atoms with Crippen LogP contribution in [0.5, 0.6) is 5.75 Å². The first-order valence-corrected chi connectivity index (χ1v) is 6.58. The van der Waals surface area contributed by atoms with Crippen LogP contribution in [0.15, 0.2) is 18.5 Å². The summed E-state index contributed by atoms with van der Waals surface area (Å²) in [6.07, 6.45) is 3.47. The fourth-order valence-corrected chi connectivity index (χ4v) is 2.13. The van der Waals surface area contributed by atoms with Crippen molar-refractivity contribution < 1.29 is 14.0 Å². The van der Waals surface area contributed by atoms with Crippen molar-refractivity contribution in [3.8, 4) is 5.75 Å². The molecule has 1 fully saturated rings. The maximum atomic E-state index is 6.02. The van der Waals surface area contributed by atoms with Crippen LogP contribution >= 0.6 is 0 Å². The Balaban J connectivity index is 2.06. The molecule has 0 aliphatic carbocycles. The van der Waals surface area contributed by atoms with E-state index >= 15 is 0 Å². The summed E-state index contributed by atoms with van der Waals surface area (Å²) in [4.78, 5) is 4.19. The van der Waals surface area contributed by atoms with Crippen molar-refractivity contribution in [3.05, 3.63) is 18.5 Å². The molecule has 1 aliphatic heterocycles. The van der Waals surface area contributed by atoms with E-state index in [1.54, 1.807) is 24.0 Å². The summed E-state index contributed by atoms with van der Waals surface area (Å²) in [5.74, 6) is 0.613. The van der Waals surface area contributed by atoms with Crippen molar-refractivity contribution >= 4 is 18.4 Å². The van der Waals surface area contributed by atoms with Gasteiger partial charge in [0, 0.05) is 18.5 Å². The Morgan fingerprint density at radius 2 is 1.85 bits per heavy atom. The van der Waals surface area contributed by atoms with Crippen LogP contribution in [0.3, 0.4) is 0 Å². The SMILES string of the molecule is COc1cc2nccn2nc1B1OC(C)(C)C(C)(C)O1. The van der Waals surface area contributed by atoms with Gasteiger partial charge in [-0.05, 0) is 27.7 Å². The molecule has 2 aromatic heterocycles. The van der Waals surface area contributed by atoms with Crippen molar-refractivity contribution in [3.63, 3.8) is 0 Å². The highest BCUT2D eigenvalue weighted by atomic mass is 16.7. The monoisotopic (exact) mass is 275 g/mol. The fraction of sp³-hybridized carbons (Fsp3) is 0.538. The maximum Gasteiger partial charge on any atom is 0.520 e. The van der Waals surface area contributed by atoms with Crippen molar-refractivity contribution in [2.24, 2.45) is 0 Å². The van der Waals surface area contributed by atoms with Gasteiger partial charge in [-0.1, -0.05) is 0 Å². The summed E-state index contributed by atoms with van der Waals surface area (Å²) in [5.41, 5.74) is 0.529. The van der Waals surface area contributed by atoms with Crippen LogP contribution in [0.4, 0.5) is 0 Å². The van der Waals surface area contributed by atoms with Gasteiger partial charge < -0.3 is 14.0 Å². The van der Waals surface area contributed by atoms with Crippen molar-refractivity contribution in [2.75, 3.05) is 7.11 Å². The summed E-state index contributed by atoms with van der Waals surface area (Å²) in [7, 11) is 1.05. The van der Waals surface area contributed by atoms with Crippen molar-refractivity contribution in [2.45, 2.75) is 38.9 Å². The summed E-state index contributed by atoms with van der Waals surface area (Å²) in [6.45, 7) is 8.04. The largest absolute Gasteiger partial charge is 0.520 e. The second-order valence-corrected chi connectivity index (χ2v) is 5.92. The third-order valence-electron chi connectivity index (χ3n) is 4.07. The van der Waals surface area contributed by atoms with Crippen LogP contribution in [-0.4, -0.2) is 40.0 Å². The standard InChI is InChI=1S/C13H18BN3O3/c1-12(2)13(3,4)20-14(19-12)11-9(18-5)8-10-15-6-7-17(10)16-11/h6-8H,1-5H3. The van der Waals surface area contributed by atoms with Gasteiger partial charge in [0.2, 0.25) is 0 Å². The molecule has 106 valence electrons. The second-order valence-electron chi connectivity index (χ2n) is 5.92. The average molecular weight is 275 g/mol. The molecule has 0 atom stereocenters. The average Bonchev–Trinajstić information content (AvgIpc) is 2.89. The predicted molar refractivity (Wildman–Crippen MR) is 75.3 cm³/mol. The van der Waals surface area contributed by atoms with E-state index in [1.165, 1.54) is 0 Å². The van der Waals surface area contributed by atoms with E-state index in [0.717, 1.165) is 5.65 Å². The van der Waals surface area contributed by atoms with Gasteiger partial charge in [0.25, 0.3) is 0 Å². The van der Waals surface area contributed by atoms with Crippen molar-refractivity contribution in [1.29, 1.82) is 0 Å². The number of hydrogen-bond donors (Lipinski definition) is 0. The predicted octanol–water partition coefficient (Wildman–Crippen LogP) is 1.04. The molecular formula is C13H18BN3O3. The lowest BCUT2D eigenvalue weighted by Crippen LogP contribution is -2.41. The van der Waals surface area contributed by atoms with Crippen LogP contribution < -0.4 is 10.3 Å². The zero-order valence-corrected chi connectivity index (χ0v) is 12.4. The summed E-state index contributed by atoms with van der Waals surface area (Å²) >= 11 is 0. The third-order valence-corrected chi connectivity index (χ3v) is 4.07. The lowest BCUT2D eigenvalue weighted by molar-refractivity contribution is 0.00578. The highest BCUT2D eigenvalue weighted by molar-refractivity contribution is 6.62. The number of imidazole rings is 1. The number of aromatic nitrogens is 3. The fourth-order valence-electron chi connectivity index (χ4n) is 2.13. The number of methoxy groups -OCH3 is 1. The van der Waals surface area contributed by atoms with Crippen LogP contribution in [0.1, 0.15) is 27.7 Å². The Morgan fingerprint density at radius 3 is 2.45 bits per heavy atom. The van der Waals surface area contributed by atoms with E-state index in [1.807, 2.05) is 33.8 Å². The lowest BCUT2D eigenvalue weighted by Gasteiger charge is -2.32. The molecule has 0 aromatic carbocycles. The summed E-state index contributed by atoms with van der Waals surface area (Å²) in [5, 5.41) is 4.50. The molecule has 0 amide bonds. The van der Waals surface area contributed by atoms with Crippen molar-refractivity contribution in [1.82, 2.24) is 14.6 Å². The molecule has 0 spiro atoms. The smallest absolute Gasteiger partial charge is 0.495 e. The number of hydrogen-bond acceptors (Lipinski definition) is 5. The minimum Gasteiger partial charge on any atom is -0.495 e. The van der Waals surface area contributed by atoms with Crippen LogP contribution in [0, 0.1) is 0 Å². The Morgan fingerprint density at radius 1 is 1.20 bits per heavy atom. The molecule has 6 nitrogen and oxygen atoms in total. The van der Waals surface area contributed by atoms with Gasteiger partial charge in [-0.15, -0.1) is 0 Å². The number of rotatable bonds is 2. The van der Waals surface area contributed by atoms with Gasteiger partial charge in [-0.25, -0.2) is 9.50 Å².